The van der Waals surface area contributed by atoms with Gasteiger partial charge < -0.3 is 44.6 Å². The number of benzene rings is 4. The van der Waals surface area contributed by atoms with Gasteiger partial charge in [0.25, 0.3) is 5.91 Å². The summed E-state index contributed by atoms with van der Waals surface area (Å²) in [5.41, 5.74) is 5.24. The third kappa shape index (κ3) is 10.2. The molecule has 2 fully saturated rings. The fraction of sp³-hybridized carbons (Fsp3) is 0.320. The summed E-state index contributed by atoms with van der Waals surface area (Å²) in [6.07, 6.45) is 2.23. The average Bonchev–Trinajstić information content (AvgIpc) is 4.15. The number of likely N-dealkylation sites (tertiary alicyclic amines) is 2. The molecule has 5 atom stereocenters. The first-order chi connectivity index (χ1) is 31.4. The Labute approximate surface area is 376 Å². The molecule has 336 valence electrons. The molecular weight excluding hydrogens is 827 g/mol. The topological polar surface area (TPSA) is 188 Å². The molecule has 1 unspecified atom stereocenters. The maximum atomic E-state index is 14.1. The van der Waals surface area contributed by atoms with Crippen LogP contribution in [0.2, 0.25) is 0 Å². The van der Waals surface area contributed by atoms with Crippen molar-refractivity contribution in [2.24, 2.45) is 0 Å². The summed E-state index contributed by atoms with van der Waals surface area (Å²) in [6.45, 7) is 7.79. The Balaban J connectivity index is 0.888. The van der Waals surface area contributed by atoms with Crippen LogP contribution in [0, 0.1) is 0 Å². The molecule has 2 saturated heterocycles. The zero-order chi connectivity index (χ0) is 45.6. The number of hydrogen-bond donors (Lipinski definition) is 4. The van der Waals surface area contributed by atoms with Gasteiger partial charge in [-0.2, -0.15) is 0 Å². The van der Waals surface area contributed by atoms with Gasteiger partial charge in [0.15, 0.2) is 0 Å². The highest BCUT2D eigenvalue weighted by Crippen LogP contribution is 2.36. The zero-order valence-electron chi connectivity index (χ0n) is 36.8. The number of anilines is 1. The molecule has 0 bridgehead atoms. The van der Waals surface area contributed by atoms with E-state index in [1.54, 1.807) is 50.9 Å². The quantitative estimate of drug-likeness (QED) is 0.0879. The second-order valence-corrected chi connectivity index (χ2v) is 16.8. The summed E-state index contributed by atoms with van der Waals surface area (Å²) >= 11 is 0. The second-order valence-electron chi connectivity index (χ2n) is 16.8. The first kappa shape index (κ1) is 44.2. The van der Waals surface area contributed by atoms with Gasteiger partial charge in [0.05, 0.1) is 24.0 Å². The number of carbonyl (C=O) groups excluding carboxylic acids is 5. The van der Waals surface area contributed by atoms with Gasteiger partial charge in [0.1, 0.15) is 41.4 Å². The highest BCUT2D eigenvalue weighted by Gasteiger charge is 2.38. The molecule has 65 heavy (non-hydrogen) atoms. The molecule has 0 aliphatic carbocycles. The predicted molar refractivity (Wildman–Crippen MR) is 244 cm³/mol. The van der Waals surface area contributed by atoms with E-state index in [9.17, 15) is 24.0 Å². The maximum absolute atomic E-state index is 14.1. The number of imidazole rings is 1. The smallest absolute Gasteiger partial charge is 0.408 e. The molecule has 15 heteroatoms. The molecule has 6 aromatic rings. The van der Waals surface area contributed by atoms with Crippen molar-refractivity contribution in [3.63, 3.8) is 0 Å². The number of carbonyl (C=O) groups is 5. The lowest BCUT2D eigenvalue weighted by molar-refractivity contribution is -0.138. The summed E-state index contributed by atoms with van der Waals surface area (Å²) < 4.78 is 17.0. The molecule has 2 aromatic heterocycles. The van der Waals surface area contributed by atoms with Crippen LogP contribution in [0.5, 0.6) is 0 Å². The Morgan fingerprint density at radius 3 is 2.11 bits per heavy atom. The van der Waals surface area contributed by atoms with Crippen LogP contribution in [0.4, 0.5) is 15.3 Å². The number of nitrogens with zero attached hydrogens (tertiary/aromatic N) is 3. The van der Waals surface area contributed by atoms with E-state index in [0.29, 0.717) is 60.8 Å². The van der Waals surface area contributed by atoms with Gasteiger partial charge in [0.2, 0.25) is 11.8 Å². The minimum atomic E-state index is -0.918. The summed E-state index contributed by atoms with van der Waals surface area (Å²) in [4.78, 5) is 77.8. The average molecular weight is 880 g/mol. The number of aromatic amines is 1. The van der Waals surface area contributed by atoms with Crippen LogP contribution >= 0.6 is 0 Å². The van der Waals surface area contributed by atoms with E-state index in [0.717, 1.165) is 34.2 Å². The van der Waals surface area contributed by atoms with Crippen LogP contribution in [-0.2, 0) is 23.9 Å². The maximum Gasteiger partial charge on any atom is 0.408 e. The highest BCUT2D eigenvalue weighted by atomic mass is 16.6. The van der Waals surface area contributed by atoms with Crippen LogP contribution in [0.15, 0.2) is 120 Å². The molecule has 2 aliphatic heterocycles. The zero-order valence-corrected chi connectivity index (χ0v) is 36.8. The Kier molecular flexibility index (Phi) is 13.3. The largest absolute Gasteiger partial charge is 0.456 e. The van der Waals surface area contributed by atoms with E-state index in [1.807, 2.05) is 97.1 Å². The number of amides is 5. The Morgan fingerprint density at radius 1 is 0.723 bits per heavy atom. The summed E-state index contributed by atoms with van der Waals surface area (Å²) in [6, 6.07) is 30.8. The number of alkyl carbamates (subject to hydrolysis) is 2. The first-order valence-corrected chi connectivity index (χ1v) is 22.1. The monoisotopic (exact) mass is 879 g/mol. The number of fused-ring (bicyclic) bond motifs is 1. The van der Waals surface area contributed by atoms with Crippen molar-refractivity contribution in [3.8, 4) is 22.6 Å². The molecule has 4 aromatic carbocycles. The van der Waals surface area contributed by atoms with Crippen molar-refractivity contribution >= 4 is 46.6 Å². The molecule has 8 rings (SSSR count). The molecule has 0 saturated carbocycles. The van der Waals surface area contributed by atoms with Crippen molar-refractivity contribution in [1.82, 2.24) is 30.4 Å². The lowest BCUT2D eigenvalue weighted by Crippen LogP contribution is -2.51. The van der Waals surface area contributed by atoms with E-state index in [4.69, 9.17) is 18.9 Å². The number of furan rings is 1. The minimum absolute atomic E-state index is 0.234. The van der Waals surface area contributed by atoms with Crippen LogP contribution < -0.4 is 16.0 Å². The van der Waals surface area contributed by atoms with Crippen molar-refractivity contribution in [2.75, 3.05) is 18.4 Å². The van der Waals surface area contributed by atoms with Gasteiger partial charge in [-0.15, -0.1) is 0 Å². The number of aromatic nitrogens is 2. The van der Waals surface area contributed by atoms with Crippen molar-refractivity contribution < 1.29 is 37.9 Å². The third-order valence-corrected chi connectivity index (χ3v) is 11.8. The van der Waals surface area contributed by atoms with Crippen molar-refractivity contribution in [2.45, 2.75) is 89.8 Å². The lowest BCUT2D eigenvalue weighted by atomic mass is 10.0. The number of hydrogen-bond acceptors (Lipinski definition) is 9. The molecule has 4 N–H and O–H groups in total. The molecular formula is C50H53N7O8. The minimum Gasteiger partial charge on any atom is -0.456 e. The first-order valence-electron chi connectivity index (χ1n) is 22.1. The van der Waals surface area contributed by atoms with Gasteiger partial charge in [0, 0.05) is 35.3 Å². The lowest BCUT2D eigenvalue weighted by Gasteiger charge is -2.28. The molecule has 0 radical (unpaired) electrons. The Hall–Kier alpha value is -7.42. The fourth-order valence-electron chi connectivity index (χ4n) is 8.51. The second kappa shape index (κ2) is 19.5. The van der Waals surface area contributed by atoms with E-state index in [2.05, 4.69) is 20.9 Å². The van der Waals surface area contributed by atoms with Crippen LogP contribution in [0.3, 0.4) is 0 Å². The Morgan fingerprint density at radius 2 is 1.38 bits per heavy atom. The van der Waals surface area contributed by atoms with Gasteiger partial charge in [-0.05, 0) is 113 Å². The van der Waals surface area contributed by atoms with Crippen LogP contribution in [0.1, 0.15) is 88.5 Å². The summed E-state index contributed by atoms with van der Waals surface area (Å²) in [5.74, 6) is 0.405. The Bertz CT molecular complexity index is 2650. The van der Waals surface area contributed by atoms with Crippen molar-refractivity contribution in [3.05, 3.63) is 132 Å². The number of ether oxygens (including phenoxy) is 2. The summed E-state index contributed by atoms with van der Waals surface area (Å²) in [7, 11) is 0. The molecule has 4 heterocycles. The fourth-order valence-corrected chi connectivity index (χ4v) is 8.51. The van der Waals surface area contributed by atoms with Crippen molar-refractivity contribution in [1.29, 1.82) is 0 Å². The SMILES string of the molecule is CC(C)OC(=O)N[C@@H](C(=O)N1CCC[C@H]1c1ncc(-c2ccc3oc(-c4ccc(NC(=O)[C@@H]5CCCN5C(=O)[C@@H](C)NC(=O)OC(C)c5ccccc5)cc4)cc3c2)[nH]1)c1ccccc1. The standard InChI is InChI=1S/C50H53N7O8/c1-30(2)63-50(62)55-44(35-15-9-6-10-16-35)48(60)56-25-11-17-40(56)45-51-29-39(54-45)36-21-24-42-37(27-36)28-43(65-42)34-19-22-38(23-20-34)53-46(58)41-18-12-26-57(41)47(59)31(3)52-49(61)64-32(4)33-13-7-5-8-14-33/h5-10,13-16,19-24,27-32,40-41,44H,11-12,17-18,25-26H2,1-4H3,(H,51,54)(H,52,61)(H,53,58)(H,55,62)/t31-,32?,40+,41+,44-/m1/s1. The van der Waals surface area contributed by atoms with Crippen LogP contribution in [0.25, 0.3) is 33.6 Å². The predicted octanol–water partition coefficient (Wildman–Crippen LogP) is 8.83. The van der Waals surface area contributed by atoms with Crippen LogP contribution in [-0.4, -0.2) is 81.0 Å². The van der Waals surface area contributed by atoms with E-state index >= 15 is 0 Å². The molecule has 5 amide bonds. The van der Waals surface area contributed by atoms with E-state index in [1.165, 1.54) is 4.90 Å². The molecule has 0 spiro atoms. The van der Waals surface area contributed by atoms with E-state index in [-0.39, 0.29) is 29.9 Å². The number of H-pyrrole nitrogens is 1. The normalized spacial score (nSPS) is 17.4. The number of nitrogens with one attached hydrogen (secondary N) is 4. The number of rotatable bonds is 13. The van der Waals surface area contributed by atoms with Gasteiger partial charge in [-0.3, -0.25) is 14.4 Å². The molecule has 15 nitrogen and oxygen atoms in total. The highest BCUT2D eigenvalue weighted by molar-refractivity contribution is 5.99. The van der Waals surface area contributed by atoms with Gasteiger partial charge >= 0.3 is 12.2 Å². The summed E-state index contributed by atoms with van der Waals surface area (Å²) in [5, 5.41) is 9.23. The molecule has 2 aliphatic rings. The van der Waals surface area contributed by atoms with E-state index < -0.39 is 36.4 Å². The third-order valence-electron chi connectivity index (χ3n) is 11.8. The van der Waals surface area contributed by atoms with Gasteiger partial charge in [-0.1, -0.05) is 60.7 Å². The van der Waals surface area contributed by atoms with Gasteiger partial charge in [-0.25, -0.2) is 14.6 Å².